The highest BCUT2D eigenvalue weighted by Gasteiger charge is 2.12. The van der Waals surface area contributed by atoms with E-state index < -0.39 is 5.97 Å². The topological polar surface area (TPSA) is 54.0 Å². The van der Waals surface area contributed by atoms with Crippen molar-refractivity contribution >= 4 is 5.97 Å². The average Bonchev–Trinajstić information content (AvgIpc) is 2.34. The molecule has 0 bridgehead atoms. The number of carbonyl (C=O) groups is 1. The van der Waals surface area contributed by atoms with E-state index in [1.165, 1.54) is 20.3 Å². The maximum atomic E-state index is 11.4. The van der Waals surface area contributed by atoms with Crippen LogP contribution in [0.3, 0.4) is 0 Å². The van der Waals surface area contributed by atoms with Gasteiger partial charge in [0, 0.05) is 0 Å². The number of rotatable bonds is 5. The molecule has 0 aromatic heterocycles. The molecular weight excluding hydrogens is 212 g/mol. The Hall–Kier alpha value is -1.75. The van der Waals surface area contributed by atoms with Crippen LogP contribution in [0.15, 0.2) is 18.2 Å². The second-order valence-electron chi connectivity index (χ2n) is 2.85. The minimum Gasteiger partial charge on any atom is -0.493 e. The Labute approximate surface area is 93.8 Å². The van der Waals surface area contributed by atoms with E-state index in [0.717, 1.165) is 0 Å². The van der Waals surface area contributed by atoms with Gasteiger partial charge in [-0.25, -0.2) is 4.79 Å². The molecule has 0 aliphatic rings. The van der Waals surface area contributed by atoms with Gasteiger partial charge in [-0.2, -0.15) is 4.89 Å². The van der Waals surface area contributed by atoms with Crippen LogP contribution in [0, 0.1) is 0 Å². The van der Waals surface area contributed by atoms with E-state index in [0.29, 0.717) is 23.7 Å². The molecular formula is C11H14O5. The van der Waals surface area contributed by atoms with Crippen molar-refractivity contribution in [2.24, 2.45) is 0 Å². The average molecular weight is 226 g/mol. The Bertz CT molecular complexity index is 361. The van der Waals surface area contributed by atoms with E-state index in [1.807, 2.05) is 0 Å². The fraction of sp³-hybridized carbons (Fsp3) is 0.364. The molecule has 0 saturated carbocycles. The number of hydrogen-bond acceptors (Lipinski definition) is 5. The lowest BCUT2D eigenvalue weighted by molar-refractivity contribution is -0.236. The zero-order chi connectivity index (χ0) is 12.0. The Kier molecular flexibility index (Phi) is 4.60. The van der Waals surface area contributed by atoms with Crippen molar-refractivity contribution in [3.05, 3.63) is 23.8 Å². The van der Waals surface area contributed by atoms with Crippen LogP contribution in [0.1, 0.15) is 17.3 Å². The predicted octanol–water partition coefficient (Wildman–Crippen LogP) is 1.81. The lowest BCUT2D eigenvalue weighted by Gasteiger charge is -2.08. The molecule has 1 aromatic carbocycles. The van der Waals surface area contributed by atoms with E-state index in [4.69, 9.17) is 9.47 Å². The molecule has 0 aliphatic heterocycles. The maximum Gasteiger partial charge on any atom is 0.373 e. The Morgan fingerprint density at radius 3 is 2.44 bits per heavy atom. The van der Waals surface area contributed by atoms with Gasteiger partial charge in [0.25, 0.3) is 0 Å². The molecule has 5 nitrogen and oxygen atoms in total. The van der Waals surface area contributed by atoms with Crippen LogP contribution in [-0.2, 0) is 9.78 Å². The van der Waals surface area contributed by atoms with Gasteiger partial charge in [0.1, 0.15) is 0 Å². The molecule has 0 saturated heterocycles. The SMILES string of the molecule is CCOOC(=O)c1ccc(OC)c(OC)c1. The molecule has 1 aromatic rings. The number of methoxy groups -OCH3 is 2. The van der Waals surface area contributed by atoms with Gasteiger partial charge < -0.3 is 9.47 Å². The lowest BCUT2D eigenvalue weighted by atomic mass is 10.2. The highest BCUT2D eigenvalue weighted by Crippen LogP contribution is 2.27. The van der Waals surface area contributed by atoms with E-state index in [9.17, 15) is 4.79 Å². The van der Waals surface area contributed by atoms with Crippen molar-refractivity contribution in [2.75, 3.05) is 20.8 Å². The first kappa shape index (κ1) is 12.3. The third-order valence-corrected chi connectivity index (χ3v) is 1.87. The van der Waals surface area contributed by atoms with Crippen molar-refractivity contribution in [3.63, 3.8) is 0 Å². The highest BCUT2D eigenvalue weighted by atomic mass is 17.2. The van der Waals surface area contributed by atoms with Crippen molar-refractivity contribution in [3.8, 4) is 11.5 Å². The first-order valence-corrected chi connectivity index (χ1v) is 4.78. The van der Waals surface area contributed by atoms with Gasteiger partial charge in [0.2, 0.25) is 0 Å². The standard InChI is InChI=1S/C11H14O5/c1-4-15-16-11(12)8-5-6-9(13-2)10(7-8)14-3/h5-7H,4H2,1-3H3. The van der Waals surface area contributed by atoms with Crippen LogP contribution in [0.2, 0.25) is 0 Å². The summed E-state index contributed by atoms with van der Waals surface area (Å²) in [6, 6.07) is 4.73. The minimum absolute atomic E-state index is 0.305. The predicted molar refractivity (Wildman–Crippen MR) is 56.6 cm³/mol. The van der Waals surface area contributed by atoms with Gasteiger partial charge in [-0.1, -0.05) is 0 Å². The third-order valence-electron chi connectivity index (χ3n) is 1.87. The van der Waals surface area contributed by atoms with Gasteiger partial charge in [0.15, 0.2) is 11.5 Å². The molecule has 0 N–H and O–H groups in total. The van der Waals surface area contributed by atoms with E-state index in [2.05, 4.69) is 9.78 Å². The molecule has 0 amide bonds. The quantitative estimate of drug-likeness (QED) is 0.566. The van der Waals surface area contributed by atoms with Gasteiger partial charge in [-0.05, 0) is 25.1 Å². The zero-order valence-electron chi connectivity index (χ0n) is 9.48. The first-order valence-electron chi connectivity index (χ1n) is 4.78. The number of hydrogen-bond donors (Lipinski definition) is 0. The molecule has 88 valence electrons. The van der Waals surface area contributed by atoms with Crippen molar-refractivity contribution < 1.29 is 24.0 Å². The molecule has 16 heavy (non-hydrogen) atoms. The molecule has 0 aliphatic carbocycles. The van der Waals surface area contributed by atoms with E-state index >= 15 is 0 Å². The van der Waals surface area contributed by atoms with Crippen LogP contribution in [0.25, 0.3) is 0 Å². The molecule has 5 heteroatoms. The zero-order valence-corrected chi connectivity index (χ0v) is 9.48. The van der Waals surface area contributed by atoms with Gasteiger partial charge in [0.05, 0.1) is 26.4 Å². The second kappa shape index (κ2) is 5.97. The van der Waals surface area contributed by atoms with Crippen LogP contribution in [0.5, 0.6) is 11.5 Å². The molecule has 0 fully saturated rings. The molecule has 0 spiro atoms. The Morgan fingerprint density at radius 1 is 1.19 bits per heavy atom. The molecule has 0 radical (unpaired) electrons. The van der Waals surface area contributed by atoms with E-state index in [1.54, 1.807) is 19.1 Å². The van der Waals surface area contributed by atoms with E-state index in [-0.39, 0.29) is 0 Å². The monoisotopic (exact) mass is 226 g/mol. The normalized spacial score (nSPS) is 9.69. The number of benzene rings is 1. The van der Waals surface area contributed by atoms with Crippen LogP contribution < -0.4 is 9.47 Å². The smallest absolute Gasteiger partial charge is 0.373 e. The summed E-state index contributed by atoms with van der Waals surface area (Å²) >= 11 is 0. The minimum atomic E-state index is -0.567. The third kappa shape index (κ3) is 2.87. The fourth-order valence-electron chi connectivity index (χ4n) is 1.12. The van der Waals surface area contributed by atoms with Gasteiger partial charge in [-0.3, -0.25) is 4.89 Å². The molecule has 1 rings (SSSR count). The first-order chi connectivity index (χ1) is 7.72. The summed E-state index contributed by atoms with van der Waals surface area (Å²) in [4.78, 5) is 20.5. The van der Waals surface area contributed by atoms with Gasteiger partial charge in [-0.15, -0.1) is 0 Å². The summed E-state index contributed by atoms with van der Waals surface area (Å²) < 4.78 is 10.1. The second-order valence-corrected chi connectivity index (χ2v) is 2.85. The summed E-state index contributed by atoms with van der Waals surface area (Å²) in [6.07, 6.45) is 0. The summed E-state index contributed by atoms with van der Waals surface area (Å²) in [5.74, 6) is 0.451. The van der Waals surface area contributed by atoms with Crippen LogP contribution >= 0.6 is 0 Å². The number of ether oxygens (including phenoxy) is 2. The molecule has 0 unspecified atom stereocenters. The molecule has 0 heterocycles. The van der Waals surface area contributed by atoms with Gasteiger partial charge >= 0.3 is 5.97 Å². The van der Waals surface area contributed by atoms with Crippen molar-refractivity contribution in [1.29, 1.82) is 0 Å². The molecule has 0 atom stereocenters. The number of carbonyl (C=O) groups excluding carboxylic acids is 1. The van der Waals surface area contributed by atoms with Crippen molar-refractivity contribution in [2.45, 2.75) is 6.92 Å². The largest absolute Gasteiger partial charge is 0.493 e. The highest BCUT2D eigenvalue weighted by molar-refractivity contribution is 5.89. The Morgan fingerprint density at radius 2 is 1.88 bits per heavy atom. The summed E-state index contributed by atoms with van der Waals surface area (Å²) in [6.45, 7) is 2.03. The fourth-order valence-corrected chi connectivity index (χ4v) is 1.12. The summed E-state index contributed by atoms with van der Waals surface area (Å²) in [5, 5.41) is 0. The summed E-state index contributed by atoms with van der Waals surface area (Å²) in [7, 11) is 3.02. The van der Waals surface area contributed by atoms with Crippen LogP contribution in [-0.4, -0.2) is 26.8 Å². The Balaban J connectivity index is 2.85. The van der Waals surface area contributed by atoms with Crippen molar-refractivity contribution in [1.82, 2.24) is 0 Å². The lowest BCUT2D eigenvalue weighted by Crippen LogP contribution is -2.06. The van der Waals surface area contributed by atoms with Crippen LogP contribution in [0.4, 0.5) is 0 Å². The maximum absolute atomic E-state index is 11.4. The summed E-state index contributed by atoms with van der Waals surface area (Å²) in [5.41, 5.74) is 0.339.